The first-order chi connectivity index (χ1) is 16.8. The third-order valence-electron chi connectivity index (χ3n) is 5.67. The van der Waals surface area contributed by atoms with Crippen molar-refractivity contribution in [1.82, 2.24) is 0 Å². The molecule has 0 amide bonds. The summed E-state index contributed by atoms with van der Waals surface area (Å²) in [5.74, 6) is -0.164. The highest BCUT2D eigenvalue weighted by atomic mass is 79.9. The number of phenolic OH excluding ortho intramolecular Hbond substituents is 1. The number of hydrogen-bond acceptors (Lipinski definition) is 5. The Bertz CT molecular complexity index is 1460. The Balaban J connectivity index is 1.99. The van der Waals surface area contributed by atoms with Crippen molar-refractivity contribution in [2.24, 2.45) is 0 Å². The van der Waals surface area contributed by atoms with Crippen LogP contribution in [0, 0.1) is 0 Å². The third-order valence-corrected chi connectivity index (χ3v) is 8.32. The van der Waals surface area contributed by atoms with Crippen molar-refractivity contribution in [3.8, 4) is 28.2 Å². The van der Waals surface area contributed by atoms with Crippen LogP contribution in [0.5, 0.6) is 5.75 Å². The minimum Gasteiger partial charge on any atom is -0.505 e. The fourth-order valence-corrected chi connectivity index (χ4v) is 6.34. The highest BCUT2D eigenvalue weighted by molar-refractivity contribution is 9.11. The Labute approximate surface area is 235 Å². The predicted octanol–water partition coefficient (Wildman–Crippen LogP) is 9.06. The Morgan fingerprint density at radius 1 is 0.971 bits per heavy atom. The molecule has 1 aliphatic heterocycles. The second-order valence-electron chi connectivity index (χ2n) is 8.00. The van der Waals surface area contributed by atoms with Gasteiger partial charge >= 0.3 is 5.97 Å². The minimum absolute atomic E-state index is 0.0399. The molecule has 0 aromatic heterocycles. The number of halogens is 4. The van der Waals surface area contributed by atoms with E-state index < -0.39 is 5.97 Å². The van der Waals surface area contributed by atoms with Crippen LogP contribution in [-0.2, 0) is 4.74 Å². The van der Waals surface area contributed by atoms with Crippen LogP contribution < -0.4 is 5.43 Å². The third kappa shape index (κ3) is 5.10. The van der Waals surface area contributed by atoms with Gasteiger partial charge in [-0.1, -0.05) is 44.4 Å². The summed E-state index contributed by atoms with van der Waals surface area (Å²) < 4.78 is 13.1. The lowest BCUT2D eigenvalue weighted by Crippen LogP contribution is -2.10. The van der Waals surface area contributed by atoms with E-state index in [9.17, 15) is 14.7 Å². The summed E-state index contributed by atoms with van der Waals surface area (Å²) >= 11 is 13.5. The fraction of sp³-hybridized carbons (Fsp3) is 0.231. The molecule has 1 heterocycles. The lowest BCUT2D eigenvalue weighted by atomic mass is 9.91. The second kappa shape index (κ2) is 11.2. The molecular weight excluding hydrogens is 712 g/mol. The van der Waals surface area contributed by atoms with E-state index in [-0.39, 0.29) is 15.7 Å². The number of aromatic hydroxyl groups is 1. The van der Waals surface area contributed by atoms with Crippen LogP contribution in [0.2, 0.25) is 0 Å². The number of phenols is 1. The van der Waals surface area contributed by atoms with Gasteiger partial charge in [-0.25, -0.2) is 4.79 Å². The Morgan fingerprint density at radius 2 is 1.71 bits per heavy atom. The Morgan fingerprint density at radius 3 is 2.46 bits per heavy atom. The summed E-state index contributed by atoms with van der Waals surface area (Å²) in [6, 6.07) is 10.6. The quantitative estimate of drug-likeness (QED) is 0.117. The van der Waals surface area contributed by atoms with E-state index in [1.807, 2.05) is 12.1 Å². The van der Waals surface area contributed by atoms with Gasteiger partial charge in [0.15, 0.2) is 11.3 Å². The molecule has 182 valence electrons. The van der Waals surface area contributed by atoms with Crippen LogP contribution >= 0.6 is 63.7 Å². The van der Waals surface area contributed by atoms with Gasteiger partial charge in [0.1, 0.15) is 14.7 Å². The van der Waals surface area contributed by atoms with Crippen LogP contribution in [0.1, 0.15) is 43.0 Å². The zero-order chi connectivity index (χ0) is 25.3. The van der Waals surface area contributed by atoms with E-state index in [4.69, 9.17) is 9.15 Å². The normalized spacial score (nSPS) is 11.3. The summed E-state index contributed by atoms with van der Waals surface area (Å²) in [6.07, 6.45) is 4.02. The van der Waals surface area contributed by atoms with Crippen LogP contribution in [0.25, 0.3) is 33.4 Å². The zero-order valence-corrected chi connectivity index (χ0v) is 24.9. The number of carbonyl (C=O) groups excluding carboxylic acids is 1. The van der Waals surface area contributed by atoms with Crippen molar-refractivity contribution in [1.29, 1.82) is 0 Å². The molecule has 0 fully saturated rings. The molecule has 2 aromatic carbocycles. The first-order valence-corrected chi connectivity index (χ1v) is 14.1. The van der Waals surface area contributed by atoms with E-state index >= 15 is 0 Å². The minimum atomic E-state index is -0.422. The lowest BCUT2D eigenvalue weighted by molar-refractivity contribution is 0.0498. The van der Waals surface area contributed by atoms with Gasteiger partial charge in [0, 0.05) is 16.5 Å². The molecular formula is C26H20Br4O5. The molecule has 1 N–H and O–H groups in total. The number of rotatable bonds is 7. The number of unbranched alkanes of at least 4 members (excludes halogenated alkanes) is 3. The van der Waals surface area contributed by atoms with Crippen molar-refractivity contribution in [2.45, 2.75) is 32.6 Å². The van der Waals surface area contributed by atoms with Gasteiger partial charge in [-0.05, 0) is 93.9 Å². The lowest BCUT2D eigenvalue weighted by Gasteiger charge is -2.19. The zero-order valence-electron chi connectivity index (χ0n) is 18.6. The van der Waals surface area contributed by atoms with Gasteiger partial charge in [0.25, 0.3) is 0 Å². The van der Waals surface area contributed by atoms with Gasteiger partial charge < -0.3 is 14.3 Å². The highest BCUT2D eigenvalue weighted by Gasteiger charge is 2.27. The van der Waals surface area contributed by atoms with Gasteiger partial charge in [-0.2, -0.15) is 0 Å². The van der Waals surface area contributed by atoms with Crippen molar-refractivity contribution < 1.29 is 19.1 Å². The van der Waals surface area contributed by atoms with Crippen LogP contribution in [0.4, 0.5) is 0 Å². The number of esters is 1. The number of fused-ring (bicyclic) bond motifs is 2. The van der Waals surface area contributed by atoms with Gasteiger partial charge in [0.2, 0.25) is 5.43 Å². The number of benzene rings is 3. The summed E-state index contributed by atoms with van der Waals surface area (Å²) in [5, 5.41) is 11.1. The molecule has 0 bridgehead atoms. The summed E-state index contributed by atoms with van der Waals surface area (Å²) in [4.78, 5) is 25.8. The predicted molar refractivity (Wildman–Crippen MR) is 151 cm³/mol. The van der Waals surface area contributed by atoms with E-state index in [0.29, 0.717) is 59.0 Å². The maximum Gasteiger partial charge on any atom is 0.338 e. The molecule has 0 spiro atoms. The first-order valence-electron chi connectivity index (χ1n) is 11.0. The van der Waals surface area contributed by atoms with Crippen LogP contribution in [0.15, 0.2) is 63.5 Å². The topological polar surface area (TPSA) is 76.7 Å². The second-order valence-corrected chi connectivity index (χ2v) is 11.3. The maximum atomic E-state index is 13.1. The Hall–Kier alpha value is -1.68. The van der Waals surface area contributed by atoms with E-state index in [1.54, 1.807) is 24.3 Å². The average Bonchev–Trinajstić information content (AvgIpc) is 2.85. The molecule has 9 heteroatoms. The number of hydrogen-bond donors (Lipinski definition) is 1. The molecule has 0 unspecified atom stereocenters. The van der Waals surface area contributed by atoms with Crippen molar-refractivity contribution in [2.75, 3.05) is 6.61 Å². The summed E-state index contributed by atoms with van der Waals surface area (Å²) in [7, 11) is 0. The molecule has 2 aliphatic rings. The molecule has 5 nitrogen and oxygen atoms in total. The monoisotopic (exact) mass is 728 g/mol. The van der Waals surface area contributed by atoms with Crippen LogP contribution in [-0.4, -0.2) is 17.7 Å². The van der Waals surface area contributed by atoms with Crippen molar-refractivity contribution >= 4 is 80.7 Å². The SMILES string of the molecule is CCCCCCOC(=O)c1ccccc1-c1c2cc(Br)c(=O)c(Br)c-2oc2c(Br)c(O)c(Br)cc12. The van der Waals surface area contributed by atoms with Crippen molar-refractivity contribution in [3.05, 3.63) is 70.1 Å². The summed E-state index contributed by atoms with van der Waals surface area (Å²) in [5.41, 5.74) is 2.36. The van der Waals surface area contributed by atoms with E-state index in [0.717, 1.165) is 25.7 Å². The average molecular weight is 732 g/mol. The molecule has 35 heavy (non-hydrogen) atoms. The molecule has 0 saturated carbocycles. The smallest absolute Gasteiger partial charge is 0.338 e. The maximum absolute atomic E-state index is 13.1. The molecule has 0 atom stereocenters. The standard InChI is InChI=1S/C26H20Br4O5/c1-2-3-4-7-10-34-26(33)14-9-6-5-8-13(14)19-15-11-17(27)22(31)20(29)24(15)35-25-16(19)12-18(28)23(32)21(25)30/h5-6,8-9,11-12,31H,2-4,7,10H2,1H3. The fourth-order valence-electron chi connectivity index (χ4n) is 3.93. The summed E-state index contributed by atoms with van der Waals surface area (Å²) in [6.45, 7) is 2.48. The van der Waals surface area contributed by atoms with Gasteiger partial charge in [-0.15, -0.1) is 0 Å². The van der Waals surface area contributed by atoms with Gasteiger partial charge in [-0.3, -0.25) is 4.79 Å². The van der Waals surface area contributed by atoms with E-state index in [1.165, 1.54) is 0 Å². The largest absolute Gasteiger partial charge is 0.505 e. The number of ether oxygens (including phenoxy) is 1. The number of carbonyl (C=O) groups is 1. The molecule has 4 rings (SSSR count). The van der Waals surface area contributed by atoms with E-state index in [2.05, 4.69) is 70.6 Å². The van der Waals surface area contributed by atoms with Crippen molar-refractivity contribution in [3.63, 3.8) is 0 Å². The Kier molecular flexibility index (Phi) is 8.41. The molecule has 0 saturated heterocycles. The molecule has 0 radical (unpaired) electrons. The molecule has 1 aliphatic carbocycles. The highest BCUT2D eigenvalue weighted by Crippen LogP contribution is 2.49. The first kappa shape index (κ1) is 26.4. The molecule has 2 aromatic rings. The van der Waals surface area contributed by atoms with Crippen LogP contribution in [0.3, 0.4) is 0 Å². The van der Waals surface area contributed by atoms with Gasteiger partial charge in [0.05, 0.1) is 21.1 Å².